The second-order valence-corrected chi connectivity index (χ2v) is 4.00. The summed E-state index contributed by atoms with van der Waals surface area (Å²) in [5.74, 6) is 1.38. The number of rotatable bonds is 3. The zero-order chi connectivity index (χ0) is 9.84. The lowest BCUT2D eigenvalue weighted by atomic mass is 10.3. The molecule has 0 N–H and O–H groups in total. The molecule has 13 heavy (non-hydrogen) atoms. The SMILES string of the molecule is Cc1nn(C)c(SCCCl)c1C#N. The van der Waals surface area contributed by atoms with Crippen molar-refractivity contribution in [2.24, 2.45) is 7.05 Å². The number of aromatic nitrogens is 2. The first kappa shape index (κ1) is 10.4. The Morgan fingerprint density at radius 2 is 2.38 bits per heavy atom. The summed E-state index contributed by atoms with van der Waals surface area (Å²) in [7, 11) is 1.84. The van der Waals surface area contributed by atoms with Gasteiger partial charge in [-0.25, -0.2) is 0 Å². The predicted molar refractivity (Wildman–Crippen MR) is 54.1 cm³/mol. The average molecular weight is 216 g/mol. The standard InChI is InChI=1S/C8H10ClN3S/c1-6-7(5-10)8(12(2)11-6)13-4-3-9/h3-4H2,1-2H3. The molecule has 1 rings (SSSR count). The molecule has 0 aliphatic rings. The zero-order valence-electron chi connectivity index (χ0n) is 7.54. The van der Waals surface area contributed by atoms with Gasteiger partial charge in [0.1, 0.15) is 16.7 Å². The topological polar surface area (TPSA) is 41.6 Å². The van der Waals surface area contributed by atoms with Crippen molar-refractivity contribution in [3.8, 4) is 6.07 Å². The van der Waals surface area contributed by atoms with Crippen LogP contribution in [0.5, 0.6) is 0 Å². The second-order valence-electron chi connectivity index (χ2n) is 2.54. The summed E-state index contributed by atoms with van der Waals surface area (Å²) in [6.45, 7) is 1.84. The fourth-order valence-electron chi connectivity index (χ4n) is 1.07. The maximum absolute atomic E-state index is 8.86. The van der Waals surface area contributed by atoms with Crippen molar-refractivity contribution in [1.82, 2.24) is 9.78 Å². The van der Waals surface area contributed by atoms with Crippen molar-refractivity contribution in [3.05, 3.63) is 11.3 Å². The van der Waals surface area contributed by atoms with Gasteiger partial charge in [-0.3, -0.25) is 4.68 Å². The predicted octanol–water partition coefficient (Wildman–Crippen LogP) is 1.93. The van der Waals surface area contributed by atoms with Crippen LogP contribution in [-0.2, 0) is 7.05 Å². The van der Waals surface area contributed by atoms with E-state index >= 15 is 0 Å². The molecule has 1 aromatic heterocycles. The average Bonchev–Trinajstić information content (AvgIpc) is 2.37. The first-order chi connectivity index (χ1) is 6.20. The molecule has 70 valence electrons. The van der Waals surface area contributed by atoms with E-state index in [1.165, 1.54) is 0 Å². The summed E-state index contributed by atoms with van der Waals surface area (Å²) in [5, 5.41) is 13.9. The molecule has 1 aromatic rings. The van der Waals surface area contributed by atoms with Crippen LogP contribution >= 0.6 is 23.4 Å². The fraction of sp³-hybridized carbons (Fsp3) is 0.500. The second kappa shape index (κ2) is 4.54. The van der Waals surface area contributed by atoms with Crippen LogP contribution in [0, 0.1) is 18.3 Å². The van der Waals surface area contributed by atoms with E-state index in [0.717, 1.165) is 16.5 Å². The molecule has 5 heteroatoms. The highest BCUT2D eigenvalue weighted by Gasteiger charge is 2.12. The van der Waals surface area contributed by atoms with Crippen LogP contribution < -0.4 is 0 Å². The molecule has 3 nitrogen and oxygen atoms in total. The Hall–Kier alpha value is -0.660. The number of aryl methyl sites for hydroxylation is 2. The van der Waals surface area contributed by atoms with Crippen LogP contribution in [0.25, 0.3) is 0 Å². The Kier molecular flexibility index (Phi) is 3.64. The number of alkyl halides is 1. The van der Waals surface area contributed by atoms with Crippen molar-refractivity contribution in [2.75, 3.05) is 11.6 Å². The lowest BCUT2D eigenvalue weighted by Gasteiger charge is -1.98. The van der Waals surface area contributed by atoms with Crippen LogP contribution in [0.2, 0.25) is 0 Å². The molecule has 0 aliphatic heterocycles. The van der Waals surface area contributed by atoms with Crippen molar-refractivity contribution >= 4 is 23.4 Å². The van der Waals surface area contributed by atoms with E-state index < -0.39 is 0 Å². The van der Waals surface area contributed by atoms with Crippen LogP contribution in [0.4, 0.5) is 0 Å². The molecule has 0 aromatic carbocycles. The zero-order valence-corrected chi connectivity index (χ0v) is 9.11. The van der Waals surface area contributed by atoms with Gasteiger partial charge in [0.05, 0.1) is 5.69 Å². The molecule has 0 spiro atoms. The lowest BCUT2D eigenvalue weighted by molar-refractivity contribution is 0.692. The van der Waals surface area contributed by atoms with E-state index in [4.69, 9.17) is 16.9 Å². The minimum Gasteiger partial charge on any atom is -0.260 e. The van der Waals surface area contributed by atoms with Gasteiger partial charge in [-0.2, -0.15) is 10.4 Å². The Balaban J connectivity index is 2.97. The molecular weight excluding hydrogens is 206 g/mol. The highest BCUT2D eigenvalue weighted by Crippen LogP contribution is 2.23. The van der Waals surface area contributed by atoms with Crippen LogP contribution in [0.1, 0.15) is 11.3 Å². The molecule has 0 amide bonds. The van der Waals surface area contributed by atoms with Crippen molar-refractivity contribution in [2.45, 2.75) is 11.9 Å². The van der Waals surface area contributed by atoms with Gasteiger partial charge >= 0.3 is 0 Å². The number of halogens is 1. The van der Waals surface area contributed by atoms with Gasteiger partial charge in [0.2, 0.25) is 0 Å². The molecular formula is C8H10ClN3S. The maximum Gasteiger partial charge on any atom is 0.112 e. The normalized spacial score (nSPS) is 10.0. The summed E-state index contributed by atoms with van der Waals surface area (Å²) in [6.07, 6.45) is 0. The Labute approximate surface area is 86.7 Å². The first-order valence-electron chi connectivity index (χ1n) is 3.83. The number of nitrogens with zero attached hydrogens (tertiary/aromatic N) is 3. The smallest absolute Gasteiger partial charge is 0.112 e. The number of hydrogen-bond acceptors (Lipinski definition) is 3. The van der Waals surface area contributed by atoms with E-state index in [-0.39, 0.29) is 0 Å². The fourth-order valence-corrected chi connectivity index (χ4v) is 2.13. The molecule has 0 fully saturated rings. The number of nitriles is 1. The van der Waals surface area contributed by atoms with Crippen LogP contribution in [0.15, 0.2) is 5.03 Å². The summed E-state index contributed by atoms with van der Waals surface area (Å²) in [5.41, 5.74) is 1.44. The summed E-state index contributed by atoms with van der Waals surface area (Å²) >= 11 is 7.14. The highest BCUT2D eigenvalue weighted by molar-refractivity contribution is 7.99. The van der Waals surface area contributed by atoms with Crippen molar-refractivity contribution in [1.29, 1.82) is 5.26 Å². The molecule has 0 bridgehead atoms. The highest BCUT2D eigenvalue weighted by atomic mass is 35.5. The quantitative estimate of drug-likeness (QED) is 0.572. The molecule has 0 radical (unpaired) electrons. The monoisotopic (exact) mass is 215 g/mol. The van der Waals surface area contributed by atoms with Gasteiger partial charge in [-0.15, -0.1) is 23.4 Å². The molecule has 1 heterocycles. The van der Waals surface area contributed by atoms with E-state index in [0.29, 0.717) is 11.4 Å². The molecule has 0 saturated heterocycles. The first-order valence-corrected chi connectivity index (χ1v) is 5.35. The van der Waals surface area contributed by atoms with Gasteiger partial charge in [0.25, 0.3) is 0 Å². The molecule has 0 atom stereocenters. The van der Waals surface area contributed by atoms with Gasteiger partial charge < -0.3 is 0 Å². The third-order valence-electron chi connectivity index (χ3n) is 1.60. The van der Waals surface area contributed by atoms with Crippen molar-refractivity contribution in [3.63, 3.8) is 0 Å². The van der Waals surface area contributed by atoms with Gasteiger partial charge in [0, 0.05) is 18.7 Å². The van der Waals surface area contributed by atoms with Gasteiger partial charge in [-0.1, -0.05) is 0 Å². The maximum atomic E-state index is 8.86. The summed E-state index contributed by atoms with van der Waals surface area (Å²) < 4.78 is 1.73. The van der Waals surface area contributed by atoms with E-state index in [9.17, 15) is 0 Å². The van der Waals surface area contributed by atoms with Gasteiger partial charge in [0.15, 0.2) is 0 Å². The van der Waals surface area contributed by atoms with Crippen molar-refractivity contribution < 1.29 is 0 Å². The Bertz CT molecular complexity index is 340. The third kappa shape index (κ3) is 2.17. The van der Waals surface area contributed by atoms with Crippen LogP contribution in [-0.4, -0.2) is 21.4 Å². The van der Waals surface area contributed by atoms with Gasteiger partial charge in [-0.05, 0) is 6.92 Å². The van der Waals surface area contributed by atoms with E-state index in [1.54, 1.807) is 16.4 Å². The minimum atomic E-state index is 0.583. The lowest BCUT2D eigenvalue weighted by Crippen LogP contribution is -1.94. The molecule has 0 unspecified atom stereocenters. The minimum absolute atomic E-state index is 0.583. The van der Waals surface area contributed by atoms with E-state index in [1.807, 2.05) is 14.0 Å². The third-order valence-corrected chi connectivity index (χ3v) is 3.16. The Morgan fingerprint density at radius 1 is 1.69 bits per heavy atom. The summed E-state index contributed by atoms with van der Waals surface area (Å²) in [6, 6.07) is 2.15. The van der Waals surface area contributed by atoms with Crippen LogP contribution in [0.3, 0.4) is 0 Å². The van der Waals surface area contributed by atoms with E-state index in [2.05, 4.69) is 11.2 Å². The number of hydrogen-bond donors (Lipinski definition) is 0. The Morgan fingerprint density at radius 3 is 2.92 bits per heavy atom. The molecule has 0 saturated carbocycles. The molecule has 0 aliphatic carbocycles. The number of thioether (sulfide) groups is 1. The summed E-state index contributed by atoms with van der Waals surface area (Å²) in [4.78, 5) is 0. The largest absolute Gasteiger partial charge is 0.260 e.